The summed E-state index contributed by atoms with van der Waals surface area (Å²) in [4.78, 5) is 13.5. The highest BCUT2D eigenvalue weighted by molar-refractivity contribution is 9.10. The molecule has 0 saturated heterocycles. The third-order valence-corrected chi connectivity index (χ3v) is 4.27. The zero-order valence-electron chi connectivity index (χ0n) is 11.2. The van der Waals surface area contributed by atoms with Crippen molar-refractivity contribution in [3.05, 3.63) is 28.2 Å². The van der Waals surface area contributed by atoms with Gasteiger partial charge in [-0.05, 0) is 49.4 Å². The van der Waals surface area contributed by atoms with Crippen LogP contribution in [0.1, 0.15) is 18.4 Å². The van der Waals surface area contributed by atoms with Gasteiger partial charge in [0.2, 0.25) is 0 Å². The number of urea groups is 1. The molecule has 0 aromatic heterocycles. The summed E-state index contributed by atoms with van der Waals surface area (Å²) in [7, 11) is 1.70. The second-order valence-electron chi connectivity index (χ2n) is 5.18. The maximum absolute atomic E-state index is 12.0. The molecule has 2 N–H and O–H groups in total. The number of halogens is 1. The molecule has 2 rings (SSSR count). The topological polar surface area (TPSA) is 52.6 Å². The molecule has 1 atom stereocenters. The molecule has 1 aromatic carbocycles. The molecule has 19 heavy (non-hydrogen) atoms. The molecule has 1 aliphatic rings. The monoisotopic (exact) mass is 326 g/mol. The number of aryl methyl sites for hydroxylation is 1. The zero-order valence-corrected chi connectivity index (χ0v) is 12.8. The van der Waals surface area contributed by atoms with Gasteiger partial charge in [-0.15, -0.1) is 0 Å². The van der Waals surface area contributed by atoms with Gasteiger partial charge in [-0.2, -0.15) is 0 Å². The molecule has 0 aliphatic heterocycles. The second-order valence-corrected chi connectivity index (χ2v) is 6.03. The molecule has 1 aliphatic carbocycles. The summed E-state index contributed by atoms with van der Waals surface area (Å²) in [6, 6.07) is 5.47. The first-order chi connectivity index (χ1) is 8.97. The van der Waals surface area contributed by atoms with E-state index in [9.17, 15) is 9.90 Å². The Balaban J connectivity index is 1.90. The number of rotatable bonds is 4. The molecular formula is C14H19BrN2O2. The number of hydrogen-bond donors (Lipinski definition) is 2. The fourth-order valence-electron chi connectivity index (χ4n) is 1.93. The second kappa shape index (κ2) is 5.92. The lowest BCUT2D eigenvalue weighted by Gasteiger charge is -2.21. The molecule has 1 unspecified atom stereocenters. The molecule has 0 heterocycles. The average Bonchev–Trinajstić information content (AvgIpc) is 3.17. The van der Waals surface area contributed by atoms with Crippen molar-refractivity contribution in [2.75, 3.05) is 18.9 Å². The number of aliphatic hydroxyl groups is 1. The van der Waals surface area contributed by atoms with Crippen molar-refractivity contribution in [3.63, 3.8) is 0 Å². The van der Waals surface area contributed by atoms with Gasteiger partial charge in [0.25, 0.3) is 0 Å². The van der Waals surface area contributed by atoms with Gasteiger partial charge in [0, 0.05) is 23.8 Å². The lowest BCUT2D eigenvalue weighted by molar-refractivity contribution is 0.117. The summed E-state index contributed by atoms with van der Waals surface area (Å²) in [6.07, 6.45) is 1.74. The number of nitrogens with zero attached hydrogens (tertiary/aromatic N) is 1. The smallest absolute Gasteiger partial charge is 0.321 e. The highest BCUT2D eigenvalue weighted by atomic mass is 79.9. The molecule has 5 heteroatoms. The molecular weight excluding hydrogens is 308 g/mol. The van der Waals surface area contributed by atoms with E-state index in [1.807, 2.05) is 25.1 Å². The quantitative estimate of drug-likeness (QED) is 0.893. The first kappa shape index (κ1) is 14.3. The van der Waals surface area contributed by atoms with Crippen LogP contribution in [0.2, 0.25) is 0 Å². The summed E-state index contributed by atoms with van der Waals surface area (Å²) in [5, 5.41) is 12.7. The molecule has 4 nitrogen and oxygen atoms in total. The van der Waals surface area contributed by atoms with Crippen LogP contribution in [0.5, 0.6) is 0 Å². The summed E-state index contributed by atoms with van der Waals surface area (Å²) in [5.74, 6) is 0.380. The minimum Gasteiger partial charge on any atom is -0.391 e. The third kappa shape index (κ3) is 3.94. The van der Waals surface area contributed by atoms with Gasteiger partial charge in [-0.25, -0.2) is 4.79 Å². The Bertz CT molecular complexity index is 475. The largest absolute Gasteiger partial charge is 0.391 e. The summed E-state index contributed by atoms with van der Waals surface area (Å²) >= 11 is 3.42. The molecule has 0 spiro atoms. The molecule has 2 amide bonds. The van der Waals surface area contributed by atoms with E-state index in [1.165, 1.54) is 4.90 Å². The number of nitrogens with one attached hydrogen (secondary N) is 1. The van der Waals surface area contributed by atoms with Crippen LogP contribution in [0.15, 0.2) is 22.7 Å². The molecule has 1 aromatic rings. The molecule has 0 bridgehead atoms. The highest BCUT2D eigenvalue weighted by Gasteiger charge is 2.31. The van der Waals surface area contributed by atoms with Crippen molar-refractivity contribution in [3.8, 4) is 0 Å². The number of likely N-dealkylation sites (N-methyl/N-ethyl adjacent to an activating group) is 1. The van der Waals surface area contributed by atoms with E-state index in [2.05, 4.69) is 21.2 Å². The van der Waals surface area contributed by atoms with Crippen LogP contribution in [0, 0.1) is 12.8 Å². The number of benzene rings is 1. The molecule has 1 fully saturated rings. The predicted octanol–water partition coefficient (Wildman–Crippen LogP) is 2.99. The molecule has 0 radical (unpaired) electrons. The maximum Gasteiger partial charge on any atom is 0.321 e. The first-order valence-electron chi connectivity index (χ1n) is 6.43. The van der Waals surface area contributed by atoms with E-state index in [0.29, 0.717) is 12.5 Å². The van der Waals surface area contributed by atoms with E-state index >= 15 is 0 Å². The van der Waals surface area contributed by atoms with Crippen LogP contribution in [0.4, 0.5) is 10.5 Å². The average molecular weight is 327 g/mol. The Labute approximate surface area is 121 Å². The number of amides is 2. The van der Waals surface area contributed by atoms with Gasteiger partial charge >= 0.3 is 6.03 Å². The van der Waals surface area contributed by atoms with Gasteiger partial charge in [0.1, 0.15) is 0 Å². The van der Waals surface area contributed by atoms with Crippen molar-refractivity contribution < 1.29 is 9.90 Å². The number of anilines is 1. The van der Waals surface area contributed by atoms with Crippen molar-refractivity contribution >= 4 is 27.6 Å². The summed E-state index contributed by atoms with van der Waals surface area (Å²) in [5.41, 5.74) is 1.83. The Morgan fingerprint density at radius 2 is 2.26 bits per heavy atom. The standard InChI is InChI=1S/C14H19BrN2O2/c1-9-7-11(5-6-12(9)15)16-14(19)17(2)8-13(18)10-3-4-10/h5-7,10,13,18H,3-4,8H2,1-2H3,(H,16,19). The zero-order chi connectivity index (χ0) is 14.0. The van der Waals surface area contributed by atoms with Crippen LogP contribution in [-0.4, -0.2) is 35.7 Å². The SMILES string of the molecule is Cc1cc(NC(=O)N(C)CC(O)C2CC2)ccc1Br. The fourth-order valence-corrected chi connectivity index (χ4v) is 2.18. The van der Waals surface area contributed by atoms with E-state index in [0.717, 1.165) is 28.6 Å². The summed E-state index contributed by atoms with van der Waals surface area (Å²) in [6.45, 7) is 2.35. The fraction of sp³-hybridized carbons (Fsp3) is 0.500. The van der Waals surface area contributed by atoms with Gasteiger partial charge in [-0.3, -0.25) is 0 Å². The highest BCUT2D eigenvalue weighted by Crippen LogP contribution is 2.32. The van der Waals surface area contributed by atoms with Gasteiger partial charge in [0.15, 0.2) is 0 Å². The van der Waals surface area contributed by atoms with Crippen LogP contribution in [0.3, 0.4) is 0 Å². The van der Waals surface area contributed by atoms with Crippen molar-refractivity contribution in [1.82, 2.24) is 4.90 Å². The van der Waals surface area contributed by atoms with Crippen LogP contribution in [-0.2, 0) is 0 Å². The van der Waals surface area contributed by atoms with Gasteiger partial charge in [0.05, 0.1) is 6.10 Å². The Hall–Kier alpha value is -1.07. The minimum atomic E-state index is -0.401. The molecule has 1 saturated carbocycles. The van der Waals surface area contributed by atoms with Crippen molar-refractivity contribution in [2.45, 2.75) is 25.9 Å². The Morgan fingerprint density at radius 3 is 2.84 bits per heavy atom. The Morgan fingerprint density at radius 1 is 1.58 bits per heavy atom. The number of carbonyl (C=O) groups excluding carboxylic acids is 1. The lowest BCUT2D eigenvalue weighted by Crippen LogP contribution is -2.38. The predicted molar refractivity (Wildman–Crippen MR) is 79.3 cm³/mol. The van der Waals surface area contributed by atoms with E-state index in [1.54, 1.807) is 7.05 Å². The number of hydrogen-bond acceptors (Lipinski definition) is 2. The number of aliphatic hydroxyl groups excluding tert-OH is 1. The van der Waals surface area contributed by atoms with Crippen molar-refractivity contribution in [2.24, 2.45) is 5.92 Å². The first-order valence-corrected chi connectivity index (χ1v) is 7.23. The van der Waals surface area contributed by atoms with Crippen LogP contribution in [0.25, 0.3) is 0 Å². The van der Waals surface area contributed by atoms with E-state index in [4.69, 9.17) is 0 Å². The van der Waals surface area contributed by atoms with Crippen LogP contribution >= 0.6 is 15.9 Å². The Kier molecular flexibility index (Phi) is 4.47. The lowest BCUT2D eigenvalue weighted by atomic mass is 10.2. The van der Waals surface area contributed by atoms with E-state index in [-0.39, 0.29) is 6.03 Å². The minimum absolute atomic E-state index is 0.193. The summed E-state index contributed by atoms with van der Waals surface area (Å²) < 4.78 is 1.02. The third-order valence-electron chi connectivity index (χ3n) is 3.38. The van der Waals surface area contributed by atoms with Gasteiger partial charge < -0.3 is 15.3 Å². The van der Waals surface area contributed by atoms with Crippen LogP contribution < -0.4 is 5.32 Å². The maximum atomic E-state index is 12.0. The van der Waals surface area contributed by atoms with E-state index < -0.39 is 6.10 Å². The van der Waals surface area contributed by atoms with Crippen molar-refractivity contribution in [1.29, 1.82) is 0 Å². The molecule has 104 valence electrons. The van der Waals surface area contributed by atoms with Gasteiger partial charge in [-0.1, -0.05) is 15.9 Å². The number of carbonyl (C=O) groups is 1. The normalized spacial score (nSPS) is 16.0.